The summed E-state index contributed by atoms with van der Waals surface area (Å²) >= 11 is 0. The molecule has 0 aromatic rings. The zero-order chi connectivity index (χ0) is 11.1. The van der Waals surface area contributed by atoms with E-state index in [4.69, 9.17) is 0 Å². The zero-order valence-corrected chi connectivity index (χ0v) is 10.5. The highest BCUT2D eigenvalue weighted by atomic mass is 15.1. The van der Waals surface area contributed by atoms with E-state index < -0.39 is 0 Å². The number of hydrogen-bond donors (Lipinski definition) is 0. The van der Waals surface area contributed by atoms with Gasteiger partial charge in [-0.05, 0) is 51.6 Å². The van der Waals surface area contributed by atoms with Gasteiger partial charge in [-0.1, -0.05) is 24.6 Å². The fourth-order valence-electron chi connectivity index (χ4n) is 1.89. The maximum atomic E-state index is 2.44. The Balaban J connectivity index is 2.16. The molecule has 0 radical (unpaired) electrons. The van der Waals surface area contributed by atoms with Crippen LogP contribution in [0, 0.1) is 5.92 Å². The molecule has 0 spiro atoms. The Kier molecular flexibility index (Phi) is 5.52. The van der Waals surface area contributed by atoms with E-state index in [9.17, 15) is 0 Å². The van der Waals surface area contributed by atoms with Crippen molar-refractivity contribution in [1.29, 1.82) is 0 Å². The van der Waals surface area contributed by atoms with Crippen molar-refractivity contribution in [1.82, 2.24) is 4.90 Å². The lowest BCUT2D eigenvalue weighted by molar-refractivity contribution is 0.461. The van der Waals surface area contributed by atoms with E-state index in [0.717, 1.165) is 0 Å². The fourth-order valence-corrected chi connectivity index (χ4v) is 1.89. The molecule has 1 nitrogen and oxygen atoms in total. The normalized spacial score (nSPS) is 18.5. The third-order valence-electron chi connectivity index (χ3n) is 2.94. The molecule has 0 bridgehead atoms. The molecule has 0 N–H and O–H groups in total. The zero-order valence-electron chi connectivity index (χ0n) is 10.5. The first-order chi connectivity index (χ1) is 7.18. The Hall–Kier alpha value is -0.720. The summed E-state index contributed by atoms with van der Waals surface area (Å²) < 4.78 is 0. The Morgan fingerprint density at radius 2 is 1.93 bits per heavy atom. The third kappa shape index (κ3) is 5.66. The van der Waals surface area contributed by atoms with Crippen molar-refractivity contribution in [3.05, 3.63) is 23.9 Å². The van der Waals surface area contributed by atoms with Crippen LogP contribution >= 0.6 is 0 Å². The van der Waals surface area contributed by atoms with Crippen LogP contribution < -0.4 is 0 Å². The van der Waals surface area contributed by atoms with Crippen LogP contribution in [-0.2, 0) is 0 Å². The number of likely N-dealkylation sites (tertiary alicyclic amines) is 1. The van der Waals surface area contributed by atoms with Crippen molar-refractivity contribution in [2.75, 3.05) is 13.1 Å². The summed E-state index contributed by atoms with van der Waals surface area (Å²) in [6.45, 7) is 9.18. The average Bonchev–Trinajstić information content (AvgIpc) is 2.66. The predicted octanol–water partition coefficient (Wildman–Crippen LogP) is 3.98. The number of allylic oxidation sites excluding steroid dienone is 3. The van der Waals surface area contributed by atoms with Crippen LogP contribution in [0.1, 0.15) is 46.5 Å². The van der Waals surface area contributed by atoms with Gasteiger partial charge in [-0.25, -0.2) is 0 Å². The van der Waals surface area contributed by atoms with Gasteiger partial charge in [-0.15, -0.1) is 0 Å². The average molecular weight is 207 g/mol. The van der Waals surface area contributed by atoms with Gasteiger partial charge in [0, 0.05) is 13.1 Å². The van der Waals surface area contributed by atoms with Gasteiger partial charge in [0.1, 0.15) is 0 Å². The molecule has 1 rings (SSSR count). The van der Waals surface area contributed by atoms with Crippen molar-refractivity contribution in [2.45, 2.75) is 46.5 Å². The van der Waals surface area contributed by atoms with Crippen molar-refractivity contribution in [3.63, 3.8) is 0 Å². The molecule has 1 heteroatoms. The minimum absolute atomic E-state index is 0.709. The van der Waals surface area contributed by atoms with Crippen LogP contribution in [-0.4, -0.2) is 18.0 Å². The molecule has 1 atom stereocenters. The predicted molar refractivity (Wildman–Crippen MR) is 67.8 cm³/mol. The SMILES string of the molecule is CC(C)=CCC[C@@H](C)/C=C/N1CCCC1. The second kappa shape index (κ2) is 6.71. The first-order valence-corrected chi connectivity index (χ1v) is 6.24. The second-order valence-electron chi connectivity index (χ2n) is 4.92. The van der Waals surface area contributed by atoms with Crippen molar-refractivity contribution >= 4 is 0 Å². The van der Waals surface area contributed by atoms with Crippen LogP contribution in [0.15, 0.2) is 23.9 Å². The van der Waals surface area contributed by atoms with E-state index in [0.29, 0.717) is 5.92 Å². The van der Waals surface area contributed by atoms with Gasteiger partial charge in [-0.2, -0.15) is 0 Å². The topological polar surface area (TPSA) is 3.24 Å². The molecule has 1 saturated heterocycles. The number of hydrogen-bond acceptors (Lipinski definition) is 1. The largest absolute Gasteiger partial charge is 0.378 e. The molecule has 15 heavy (non-hydrogen) atoms. The summed E-state index contributed by atoms with van der Waals surface area (Å²) in [6.07, 6.45) is 12.2. The van der Waals surface area contributed by atoms with Crippen LogP contribution in [0.2, 0.25) is 0 Å². The Morgan fingerprint density at radius 1 is 1.27 bits per heavy atom. The molecule has 1 aliphatic rings. The lowest BCUT2D eigenvalue weighted by Gasteiger charge is -2.12. The van der Waals surface area contributed by atoms with Crippen LogP contribution in [0.5, 0.6) is 0 Å². The van der Waals surface area contributed by atoms with Crippen LogP contribution in [0.3, 0.4) is 0 Å². The second-order valence-corrected chi connectivity index (χ2v) is 4.92. The van der Waals surface area contributed by atoms with E-state index in [2.05, 4.69) is 44.0 Å². The Labute approximate surface area is 94.9 Å². The lowest BCUT2D eigenvalue weighted by atomic mass is 10.0. The van der Waals surface area contributed by atoms with Crippen molar-refractivity contribution in [2.24, 2.45) is 5.92 Å². The molecule has 0 amide bonds. The third-order valence-corrected chi connectivity index (χ3v) is 2.94. The summed E-state index contributed by atoms with van der Waals surface area (Å²) in [7, 11) is 0. The van der Waals surface area contributed by atoms with E-state index in [1.807, 2.05) is 0 Å². The number of rotatable bonds is 5. The van der Waals surface area contributed by atoms with Crippen LogP contribution in [0.4, 0.5) is 0 Å². The lowest BCUT2D eigenvalue weighted by Crippen LogP contribution is -2.10. The van der Waals surface area contributed by atoms with Crippen molar-refractivity contribution < 1.29 is 0 Å². The molecular weight excluding hydrogens is 182 g/mol. The van der Waals surface area contributed by atoms with Crippen LogP contribution in [0.25, 0.3) is 0 Å². The molecular formula is C14H25N. The Bertz CT molecular complexity index is 217. The minimum Gasteiger partial charge on any atom is -0.378 e. The van der Waals surface area contributed by atoms with Gasteiger partial charge in [0.15, 0.2) is 0 Å². The monoisotopic (exact) mass is 207 g/mol. The van der Waals surface area contributed by atoms with E-state index in [1.165, 1.54) is 44.3 Å². The van der Waals surface area contributed by atoms with E-state index >= 15 is 0 Å². The Morgan fingerprint density at radius 3 is 2.53 bits per heavy atom. The van der Waals surface area contributed by atoms with E-state index in [1.54, 1.807) is 0 Å². The summed E-state index contributed by atoms with van der Waals surface area (Å²) in [6, 6.07) is 0. The van der Waals surface area contributed by atoms with Gasteiger partial charge in [0.2, 0.25) is 0 Å². The molecule has 1 fully saturated rings. The first kappa shape index (κ1) is 12.4. The highest BCUT2D eigenvalue weighted by molar-refractivity contribution is 4.95. The highest BCUT2D eigenvalue weighted by Crippen LogP contribution is 2.12. The van der Waals surface area contributed by atoms with Gasteiger partial charge < -0.3 is 4.90 Å². The maximum absolute atomic E-state index is 2.44. The quantitative estimate of drug-likeness (QED) is 0.616. The summed E-state index contributed by atoms with van der Waals surface area (Å²) in [5, 5.41) is 0. The summed E-state index contributed by atoms with van der Waals surface area (Å²) in [4.78, 5) is 2.44. The standard InChI is InChI=1S/C14H25N/c1-13(2)7-6-8-14(3)9-12-15-10-4-5-11-15/h7,9,12,14H,4-6,8,10-11H2,1-3H3/b12-9+/t14-/m1/s1. The maximum Gasteiger partial charge on any atom is 0.0173 e. The smallest absolute Gasteiger partial charge is 0.0173 e. The molecule has 0 aromatic carbocycles. The summed E-state index contributed by atoms with van der Waals surface area (Å²) in [5.74, 6) is 0.709. The molecule has 0 unspecified atom stereocenters. The summed E-state index contributed by atoms with van der Waals surface area (Å²) in [5.41, 5.74) is 1.44. The van der Waals surface area contributed by atoms with Gasteiger partial charge in [0.05, 0.1) is 0 Å². The van der Waals surface area contributed by atoms with Gasteiger partial charge in [-0.3, -0.25) is 0 Å². The molecule has 86 valence electrons. The molecule has 1 aliphatic heterocycles. The first-order valence-electron chi connectivity index (χ1n) is 6.24. The minimum atomic E-state index is 0.709. The fraction of sp³-hybridized carbons (Fsp3) is 0.714. The molecule has 0 aliphatic carbocycles. The van der Waals surface area contributed by atoms with E-state index in [-0.39, 0.29) is 0 Å². The molecule has 1 heterocycles. The van der Waals surface area contributed by atoms with Gasteiger partial charge in [0.25, 0.3) is 0 Å². The van der Waals surface area contributed by atoms with Gasteiger partial charge >= 0.3 is 0 Å². The number of nitrogens with zero attached hydrogens (tertiary/aromatic N) is 1. The molecule has 0 saturated carbocycles. The van der Waals surface area contributed by atoms with Crippen molar-refractivity contribution in [3.8, 4) is 0 Å². The highest BCUT2D eigenvalue weighted by Gasteiger charge is 2.06. The molecule has 0 aromatic heterocycles.